The Morgan fingerprint density at radius 2 is 1.84 bits per heavy atom. The Hall–Kier alpha value is -2.66. The molecule has 3 aromatic rings. The summed E-state index contributed by atoms with van der Waals surface area (Å²) < 4.78 is 7.03. The van der Waals surface area contributed by atoms with Crippen molar-refractivity contribution >= 4 is 10.8 Å². The molecule has 5 heteroatoms. The summed E-state index contributed by atoms with van der Waals surface area (Å²) >= 11 is 0. The molecule has 1 N–H and O–H groups in total. The summed E-state index contributed by atoms with van der Waals surface area (Å²) in [6, 6.07) is 13.3. The fraction of sp³-hybridized carbons (Fsp3) is 0.300. The first kappa shape index (κ1) is 17.2. The van der Waals surface area contributed by atoms with Gasteiger partial charge in [-0.25, -0.2) is 4.68 Å². The first-order chi connectivity index (χ1) is 12.0. The Morgan fingerprint density at radius 3 is 2.60 bits per heavy atom. The minimum Gasteiger partial charge on any atom is -0.491 e. The van der Waals surface area contributed by atoms with Gasteiger partial charge in [0.15, 0.2) is 0 Å². The van der Waals surface area contributed by atoms with Crippen molar-refractivity contribution in [3.05, 3.63) is 69.6 Å². The van der Waals surface area contributed by atoms with E-state index in [2.05, 4.69) is 5.10 Å². The first-order valence-electron chi connectivity index (χ1n) is 8.30. The van der Waals surface area contributed by atoms with Gasteiger partial charge in [-0.1, -0.05) is 30.3 Å². The average Bonchev–Trinajstić information content (AvgIpc) is 2.60. The number of rotatable bonds is 5. The van der Waals surface area contributed by atoms with Crippen molar-refractivity contribution in [2.75, 3.05) is 6.61 Å². The Balaban J connectivity index is 1.76. The van der Waals surface area contributed by atoms with E-state index in [9.17, 15) is 9.90 Å². The average molecular weight is 338 g/mol. The van der Waals surface area contributed by atoms with Crippen molar-refractivity contribution in [3.63, 3.8) is 0 Å². The molecule has 1 atom stereocenters. The van der Waals surface area contributed by atoms with Crippen LogP contribution in [0.3, 0.4) is 0 Å². The molecule has 0 spiro atoms. The standard InChI is InChI=1S/C20H22N2O3/c1-13-8-9-14(2)19(10-13)25-12-16(23)11-22-20(24)18-7-5-4-6-17(18)15(3)21-22/h4-10,16,23H,11-12H2,1-3H3/t16-/m1/s1. The van der Waals surface area contributed by atoms with Crippen LogP contribution in [0.4, 0.5) is 0 Å². The molecule has 3 rings (SSSR count). The number of benzene rings is 2. The van der Waals surface area contributed by atoms with E-state index in [1.165, 1.54) is 4.68 Å². The topological polar surface area (TPSA) is 64.3 Å². The molecular weight excluding hydrogens is 316 g/mol. The first-order valence-corrected chi connectivity index (χ1v) is 8.30. The van der Waals surface area contributed by atoms with Crippen molar-refractivity contribution < 1.29 is 9.84 Å². The maximum Gasteiger partial charge on any atom is 0.274 e. The number of fused-ring (bicyclic) bond motifs is 1. The third kappa shape index (κ3) is 3.72. The van der Waals surface area contributed by atoms with Crippen molar-refractivity contribution in [1.82, 2.24) is 9.78 Å². The van der Waals surface area contributed by atoms with Crippen LogP contribution in [0, 0.1) is 20.8 Å². The summed E-state index contributed by atoms with van der Waals surface area (Å²) in [5.41, 5.74) is 2.66. The lowest BCUT2D eigenvalue weighted by Gasteiger charge is -2.16. The van der Waals surface area contributed by atoms with Gasteiger partial charge in [-0.15, -0.1) is 0 Å². The minimum atomic E-state index is -0.828. The number of aryl methyl sites for hydroxylation is 3. The summed E-state index contributed by atoms with van der Waals surface area (Å²) in [6.45, 7) is 6.00. The van der Waals surface area contributed by atoms with Crippen LogP contribution in [0.25, 0.3) is 10.8 Å². The van der Waals surface area contributed by atoms with E-state index in [4.69, 9.17) is 4.74 Å². The molecule has 130 valence electrons. The molecule has 25 heavy (non-hydrogen) atoms. The smallest absolute Gasteiger partial charge is 0.274 e. The minimum absolute atomic E-state index is 0.0926. The van der Waals surface area contributed by atoms with Crippen molar-refractivity contribution in [2.24, 2.45) is 0 Å². The van der Waals surface area contributed by atoms with Crippen LogP contribution in [-0.4, -0.2) is 27.6 Å². The number of hydrogen-bond acceptors (Lipinski definition) is 4. The summed E-state index contributed by atoms with van der Waals surface area (Å²) in [7, 11) is 0. The lowest BCUT2D eigenvalue weighted by atomic mass is 10.1. The zero-order valence-electron chi connectivity index (χ0n) is 14.7. The summed E-state index contributed by atoms with van der Waals surface area (Å²) in [4.78, 5) is 12.5. The Morgan fingerprint density at radius 1 is 1.12 bits per heavy atom. The highest BCUT2D eigenvalue weighted by Crippen LogP contribution is 2.19. The van der Waals surface area contributed by atoms with Crippen LogP contribution < -0.4 is 10.3 Å². The molecule has 0 unspecified atom stereocenters. The fourth-order valence-corrected chi connectivity index (χ4v) is 2.83. The Bertz CT molecular complexity index is 963. The van der Waals surface area contributed by atoms with Crippen LogP contribution in [0.5, 0.6) is 5.75 Å². The highest BCUT2D eigenvalue weighted by molar-refractivity contribution is 5.83. The molecule has 1 aromatic heterocycles. The third-order valence-electron chi connectivity index (χ3n) is 4.21. The predicted molar refractivity (Wildman–Crippen MR) is 98.2 cm³/mol. The van der Waals surface area contributed by atoms with Crippen LogP contribution in [0.1, 0.15) is 16.8 Å². The predicted octanol–water partition coefficient (Wildman–Crippen LogP) is 2.76. The van der Waals surface area contributed by atoms with Gasteiger partial charge in [0.05, 0.1) is 17.6 Å². The molecule has 2 aromatic carbocycles. The van der Waals surface area contributed by atoms with Gasteiger partial charge in [-0.2, -0.15) is 5.10 Å². The summed E-state index contributed by atoms with van der Waals surface area (Å²) in [5, 5.41) is 16.0. The van der Waals surface area contributed by atoms with Crippen LogP contribution in [-0.2, 0) is 6.54 Å². The molecule has 0 amide bonds. The number of hydrogen-bond donors (Lipinski definition) is 1. The largest absolute Gasteiger partial charge is 0.491 e. The molecule has 0 aliphatic heterocycles. The highest BCUT2D eigenvalue weighted by atomic mass is 16.5. The molecule has 0 radical (unpaired) electrons. The van der Waals surface area contributed by atoms with E-state index in [0.29, 0.717) is 5.39 Å². The monoisotopic (exact) mass is 338 g/mol. The van der Waals surface area contributed by atoms with Crippen molar-refractivity contribution in [3.8, 4) is 5.75 Å². The van der Waals surface area contributed by atoms with Gasteiger partial charge in [0.1, 0.15) is 18.5 Å². The molecule has 0 aliphatic rings. The number of aliphatic hydroxyl groups excluding tert-OH is 1. The quantitative estimate of drug-likeness (QED) is 0.777. The van der Waals surface area contributed by atoms with Crippen LogP contribution >= 0.6 is 0 Å². The van der Waals surface area contributed by atoms with Gasteiger partial charge < -0.3 is 9.84 Å². The molecule has 0 aliphatic carbocycles. The number of aromatic nitrogens is 2. The van der Waals surface area contributed by atoms with Crippen molar-refractivity contribution in [2.45, 2.75) is 33.4 Å². The summed E-state index contributed by atoms with van der Waals surface area (Å²) in [6.07, 6.45) is -0.828. The van der Waals surface area contributed by atoms with Crippen LogP contribution in [0.15, 0.2) is 47.3 Å². The molecule has 0 fully saturated rings. The van der Waals surface area contributed by atoms with Gasteiger partial charge in [0.2, 0.25) is 0 Å². The molecule has 1 heterocycles. The number of nitrogens with zero attached hydrogens (tertiary/aromatic N) is 2. The second-order valence-corrected chi connectivity index (χ2v) is 6.35. The van der Waals surface area contributed by atoms with E-state index in [-0.39, 0.29) is 18.7 Å². The second-order valence-electron chi connectivity index (χ2n) is 6.35. The number of ether oxygens (including phenoxy) is 1. The molecule has 0 saturated carbocycles. The van der Waals surface area contributed by atoms with Gasteiger partial charge in [-0.05, 0) is 44.0 Å². The fourth-order valence-electron chi connectivity index (χ4n) is 2.83. The third-order valence-corrected chi connectivity index (χ3v) is 4.21. The maximum absolute atomic E-state index is 12.5. The van der Waals surface area contributed by atoms with Gasteiger partial charge in [0.25, 0.3) is 5.56 Å². The second kappa shape index (κ2) is 7.07. The lowest BCUT2D eigenvalue weighted by molar-refractivity contribution is 0.0877. The van der Waals surface area contributed by atoms with E-state index >= 15 is 0 Å². The van der Waals surface area contributed by atoms with Crippen molar-refractivity contribution in [1.29, 1.82) is 0 Å². The van der Waals surface area contributed by atoms with Gasteiger partial charge >= 0.3 is 0 Å². The summed E-state index contributed by atoms with van der Waals surface area (Å²) in [5.74, 6) is 0.744. The zero-order valence-corrected chi connectivity index (χ0v) is 14.7. The van der Waals surface area contributed by atoms with E-state index in [1.54, 1.807) is 6.07 Å². The Labute approximate surface area is 146 Å². The normalized spacial score (nSPS) is 12.3. The van der Waals surface area contributed by atoms with Gasteiger partial charge in [-0.3, -0.25) is 4.79 Å². The highest BCUT2D eigenvalue weighted by Gasteiger charge is 2.13. The maximum atomic E-state index is 12.5. The molecule has 0 bridgehead atoms. The number of aliphatic hydroxyl groups is 1. The SMILES string of the molecule is Cc1ccc(C)c(OC[C@H](O)Cn2nc(C)c3ccccc3c2=O)c1. The van der Waals surface area contributed by atoms with E-state index in [0.717, 1.165) is 28.0 Å². The molecule has 0 saturated heterocycles. The van der Waals surface area contributed by atoms with Crippen LogP contribution in [0.2, 0.25) is 0 Å². The zero-order chi connectivity index (χ0) is 18.0. The molecular formula is C20H22N2O3. The lowest BCUT2D eigenvalue weighted by Crippen LogP contribution is -2.32. The van der Waals surface area contributed by atoms with E-state index < -0.39 is 6.10 Å². The van der Waals surface area contributed by atoms with Gasteiger partial charge in [0, 0.05) is 5.39 Å². The van der Waals surface area contributed by atoms with E-state index in [1.807, 2.05) is 57.2 Å². The molecule has 5 nitrogen and oxygen atoms in total. The Kier molecular flexibility index (Phi) is 4.86.